The van der Waals surface area contributed by atoms with Crippen LogP contribution in [0.25, 0.3) is 16.6 Å². The van der Waals surface area contributed by atoms with Gasteiger partial charge in [0.05, 0.1) is 48.1 Å². The van der Waals surface area contributed by atoms with Gasteiger partial charge in [0.25, 0.3) is 0 Å². The van der Waals surface area contributed by atoms with E-state index in [-0.39, 0.29) is 5.97 Å². The van der Waals surface area contributed by atoms with Gasteiger partial charge in [0.2, 0.25) is 0 Å². The molecular weight excluding hydrogens is 456 g/mol. The molecule has 1 aromatic heterocycles. The van der Waals surface area contributed by atoms with Gasteiger partial charge in [-0.05, 0) is 65.9 Å². The summed E-state index contributed by atoms with van der Waals surface area (Å²) in [5.74, 6) is 1.20. The summed E-state index contributed by atoms with van der Waals surface area (Å²) in [6, 6.07) is 14.2. The SMILES string of the molecule is CCOC(=O)c1c(C[NH+]2CCC(C)CC2)n(-c2ccccc2)c2cc(Br)c(OC)cc12. The van der Waals surface area contributed by atoms with E-state index in [1.807, 2.05) is 37.3 Å². The van der Waals surface area contributed by atoms with Gasteiger partial charge < -0.3 is 18.9 Å². The van der Waals surface area contributed by atoms with Crippen LogP contribution in [0.3, 0.4) is 0 Å². The van der Waals surface area contributed by atoms with Crippen LogP contribution in [0.5, 0.6) is 5.75 Å². The maximum absolute atomic E-state index is 13.2. The average Bonchev–Trinajstić information content (AvgIpc) is 3.08. The Labute approximate surface area is 192 Å². The molecule has 0 amide bonds. The minimum absolute atomic E-state index is 0.272. The van der Waals surface area contributed by atoms with Crippen molar-refractivity contribution in [3.63, 3.8) is 0 Å². The number of esters is 1. The quantitative estimate of drug-likeness (QED) is 0.526. The monoisotopic (exact) mass is 485 g/mol. The zero-order valence-corrected chi connectivity index (χ0v) is 20.0. The number of piperidine rings is 1. The van der Waals surface area contributed by atoms with Crippen LogP contribution in [0, 0.1) is 5.92 Å². The number of fused-ring (bicyclic) bond motifs is 1. The Bertz CT molecular complexity index is 1070. The third-order valence-corrected chi connectivity index (χ3v) is 6.85. The fourth-order valence-corrected chi connectivity index (χ4v) is 5.04. The Morgan fingerprint density at radius 1 is 1.19 bits per heavy atom. The number of ether oxygens (including phenoxy) is 2. The maximum atomic E-state index is 13.2. The second-order valence-electron chi connectivity index (χ2n) is 8.33. The van der Waals surface area contributed by atoms with E-state index in [4.69, 9.17) is 9.47 Å². The lowest BCUT2D eigenvalue weighted by atomic mass is 9.99. The van der Waals surface area contributed by atoms with E-state index in [9.17, 15) is 4.79 Å². The third kappa shape index (κ3) is 4.37. The molecule has 2 heterocycles. The number of carbonyl (C=O) groups is 1. The fourth-order valence-electron chi connectivity index (χ4n) is 4.55. The van der Waals surface area contributed by atoms with Crippen LogP contribution in [-0.2, 0) is 11.3 Å². The highest BCUT2D eigenvalue weighted by Gasteiger charge is 2.29. The largest absolute Gasteiger partial charge is 0.496 e. The Hall–Kier alpha value is -2.31. The molecule has 0 bridgehead atoms. The molecule has 1 aliphatic heterocycles. The lowest BCUT2D eigenvalue weighted by Crippen LogP contribution is -3.11. The predicted molar refractivity (Wildman–Crippen MR) is 126 cm³/mol. The highest BCUT2D eigenvalue weighted by molar-refractivity contribution is 9.10. The number of likely N-dealkylation sites (tertiary alicyclic amines) is 1. The van der Waals surface area contributed by atoms with Crippen molar-refractivity contribution in [1.29, 1.82) is 0 Å². The minimum atomic E-state index is -0.272. The number of carbonyl (C=O) groups excluding carboxylic acids is 1. The Morgan fingerprint density at radius 2 is 1.90 bits per heavy atom. The van der Waals surface area contributed by atoms with Crippen molar-refractivity contribution in [1.82, 2.24) is 4.57 Å². The summed E-state index contributed by atoms with van der Waals surface area (Å²) < 4.78 is 14.2. The highest BCUT2D eigenvalue weighted by Crippen LogP contribution is 2.37. The van der Waals surface area contributed by atoms with Crippen LogP contribution < -0.4 is 9.64 Å². The molecule has 0 unspecified atom stereocenters. The molecular formula is C25H30BrN2O3+. The number of aromatic nitrogens is 1. The maximum Gasteiger partial charge on any atom is 0.340 e. The summed E-state index contributed by atoms with van der Waals surface area (Å²) in [4.78, 5) is 14.7. The van der Waals surface area contributed by atoms with Crippen molar-refractivity contribution in [3.8, 4) is 11.4 Å². The number of quaternary nitrogens is 1. The summed E-state index contributed by atoms with van der Waals surface area (Å²) in [6.07, 6.45) is 2.43. The molecule has 5 nitrogen and oxygen atoms in total. The smallest absolute Gasteiger partial charge is 0.340 e. The standard InChI is InChI=1S/C25H29BrN2O3/c1-4-31-25(29)24-19-14-23(30-3)20(26)15-21(19)28(18-8-6-5-7-9-18)22(24)16-27-12-10-17(2)11-13-27/h5-9,14-15,17H,4,10-13,16H2,1-3H3/p+1. The van der Waals surface area contributed by atoms with Gasteiger partial charge in [0.15, 0.2) is 0 Å². The summed E-state index contributed by atoms with van der Waals surface area (Å²) >= 11 is 3.63. The Balaban J connectivity index is 1.96. The molecule has 1 aliphatic rings. The molecule has 1 N–H and O–H groups in total. The van der Waals surface area contributed by atoms with Crippen LogP contribution >= 0.6 is 15.9 Å². The van der Waals surface area contributed by atoms with Gasteiger partial charge in [-0.3, -0.25) is 0 Å². The van der Waals surface area contributed by atoms with Crippen molar-refractivity contribution in [2.45, 2.75) is 33.2 Å². The zero-order valence-electron chi connectivity index (χ0n) is 18.4. The van der Waals surface area contributed by atoms with Crippen molar-refractivity contribution >= 4 is 32.8 Å². The van der Waals surface area contributed by atoms with Gasteiger partial charge in [-0.25, -0.2) is 4.79 Å². The number of rotatable bonds is 6. The predicted octanol–water partition coefficient (Wildman–Crippen LogP) is 4.39. The summed E-state index contributed by atoms with van der Waals surface area (Å²) in [5.41, 5.74) is 3.67. The first kappa shape index (κ1) is 21.9. The van der Waals surface area contributed by atoms with E-state index in [0.717, 1.165) is 52.3 Å². The molecule has 164 valence electrons. The minimum Gasteiger partial charge on any atom is -0.496 e. The molecule has 6 heteroatoms. The molecule has 1 fully saturated rings. The number of nitrogens with one attached hydrogen (secondary N) is 1. The van der Waals surface area contributed by atoms with Gasteiger partial charge in [0, 0.05) is 11.1 Å². The summed E-state index contributed by atoms with van der Waals surface area (Å²) in [7, 11) is 1.64. The molecule has 0 saturated carbocycles. The summed E-state index contributed by atoms with van der Waals surface area (Å²) in [6.45, 7) is 7.54. The van der Waals surface area contributed by atoms with Crippen molar-refractivity contribution in [2.75, 3.05) is 26.8 Å². The molecule has 1 saturated heterocycles. The summed E-state index contributed by atoms with van der Waals surface area (Å²) in [5, 5.41) is 0.863. The highest BCUT2D eigenvalue weighted by atomic mass is 79.9. The lowest BCUT2D eigenvalue weighted by Gasteiger charge is -2.28. The van der Waals surface area contributed by atoms with E-state index >= 15 is 0 Å². The third-order valence-electron chi connectivity index (χ3n) is 6.23. The number of hydrogen-bond acceptors (Lipinski definition) is 3. The molecule has 2 aromatic carbocycles. The van der Waals surface area contributed by atoms with Gasteiger partial charge in [-0.1, -0.05) is 25.1 Å². The van der Waals surface area contributed by atoms with Gasteiger partial charge in [-0.2, -0.15) is 0 Å². The number of methoxy groups -OCH3 is 1. The van der Waals surface area contributed by atoms with Crippen LogP contribution in [0.4, 0.5) is 0 Å². The Morgan fingerprint density at radius 3 is 2.55 bits per heavy atom. The molecule has 0 aliphatic carbocycles. The van der Waals surface area contributed by atoms with Gasteiger partial charge in [-0.15, -0.1) is 0 Å². The lowest BCUT2D eigenvalue weighted by molar-refractivity contribution is -0.920. The zero-order chi connectivity index (χ0) is 22.0. The van der Waals surface area contributed by atoms with Crippen LogP contribution in [0.2, 0.25) is 0 Å². The first-order valence-corrected chi connectivity index (χ1v) is 11.8. The molecule has 0 atom stereocenters. The normalized spacial score (nSPS) is 18.8. The molecule has 4 rings (SSSR count). The fraction of sp³-hybridized carbons (Fsp3) is 0.400. The molecule has 31 heavy (non-hydrogen) atoms. The average molecular weight is 486 g/mol. The Kier molecular flexibility index (Phi) is 6.68. The van der Waals surface area contributed by atoms with Crippen LogP contribution in [0.1, 0.15) is 42.7 Å². The second-order valence-corrected chi connectivity index (χ2v) is 9.18. The number of benzene rings is 2. The van der Waals surface area contributed by atoms with E-state index in [2.05, 4.69) is 39.6 Å². The number of hydrogen-bond donors (Lipinski definition) is 1. The molecule has 0 spiro atoms. The number of halogens is 1. The number of para-hydroxylation sites is 1. The van der Waals surface area contributed by atoms with Gasteiger partial charge >= 0.3 is 5.97 Å². The van der Waals surface area contributed by atoms with Crippen molar-refractivity contribution in [2.24, 2.45) is 5.92 Å². The molecule has 0 radical (unpaired) electrons. The van der Waals surface area contributed by atoms with Crippen molar-refractivity contribution < 1.29 is 19.2 Å². The van der Waals surface area contributed by atoms with Crippen LogP contribution in [0.15, 0.2) is 46.9 Å². The van der Waals surface area contributed by atoms with Crippen LogP contribution in [-0.4, -0.2) is 37.3 Å². The second kappa shape index (κ2) is 9.45. The topological polar surface area (TPSA) is 44.9 Å². The molecule has 3 aromatic rings. The first-order valence-electron chi connectivity index (χ1n) is 11.0. The first-order chi connectivity index (χ1) is 15.0. The van der Waals surface area contributed by atoms with Gasteiger partial charge in [0.1, 0.15) is 12.3 Å². The van der Waals surface area contributed by atoms with E-state index in [0.29, 0.717) is 17.9 Å². The van der Waals surface area contributed by atoms with E-state index < -0.39 is 0 Å². The van der Waals surface area contributed by atoms with E-state index in [1.54, 1.807) is 7.11 Å². The van der Waals surface area contributed by atoms with Crippen molar-refractivity contribution in [3.05, 3.63) is 58.2 Å². The van der Waals surface area contributed by atoms with E-state index in [1.165, 1.54) is 17.7 Å². The number of nitrogens with zero attached hydrogens (tertiary/aromatic N) is 1.